The molecular weight excluding hydrogens is 262 g/mol. The summed E-state index contributed by atoms with van der Waals surface area (Å²) in [7, 11) is 4.12. The van der Waals surface area contributed by atoms with Crippen molar-refractivity contribution in [3.63, 3.8) is 0 Å². The van der Waals surface area contributed by atoms with E-state index < -0.39 is 0 Å². The zero-order valence-corrected chi connectivity index (χ0v) is 12.9. The fourth-order valence-electron chi connectivity index (χ4n) is 2.05. The summed E-state index contributed by atoms with van der Waals surface area (Å²) >= 11 is 1.19. The van der Waals surface area contributed by atoms with Gasteiger partial charge in [0, 0.05) is 30.6 Å². The summed E-state index contributed by atoms with van der Waals surface area (Å²) in [6, 6.07) is 2.06. The average molecular weight is 285 g/mol. The van der Waals surface area contributed by atoms with E-state index in [9.17, 15) is 10.1 Å². The van der Waals surface area contributed by atoms with Crippen LogP contribution in [0.15, 0.2) is 11.4 Å². The summed E-state index contributed by atoms with van der Waals surface area (Å²) in [4.78, 5) is 12.5. The highest BCUT2D eigenvalue weighted by Gasteiger charge is 2.14. The standard InChI is InChI=1S/C13H23N3O2S/c1-10(2)5-12(8-15(3)4)14-7-11-6-13(16(17)18)19-9-11/h6,9-10,12,14H,5,7-8H2,1-4H3. The molecule has 19 heavy (non-hydrogen) atoms. The van der Waals surface area contributed by atoms with Gasteiger partial charge >= 0.3 is 5.00 Å². The minimum Gasteiger partial charge on any atom is -0.309 e. The van der Waals surface area contributed by atoms with Crippen LogP contribution < -0.4 is 5.32 Å². The van der Waals surface area contributed by atoms with Crippen LogP contribution in [-0.4, -0.2) is 36.5 Å². The third-order valence-corrected chi connectivity index (χ3v) is 3.69. The van der Waals surface area contributed by atoms with E-state index in [-0.39, 0.29) is 9.92 Å². The summed E-state index contributed by atoms with van der Waals surface area (Å²) in [5.41, 5.74) is 0.990. The van der Waals surface area contributed by atoms with Gasteiger partial charge in [0.15, 0.2) is 0 Å². The molecule has 1 heterocycles. The molecule has 1 aromatic rings. The molecule has 0 aliphatic rings. The lowest BCUT2D eigenvalue weighted by Gasteiger charge is -2.23. The molecule has 0 aliphatic carbocycles. The van der Waals surface area contributed by atoms with E-state index in [2.05, 4.69) is 38.2 Å². The maximum Gasteiger partial charge on any atom is 0.324 e. The molecule has 0 fully saturated rings. The predicted molar refractivity (Wildman–Crippen MR) is 79.6 cm³/mol. The lowest BCUT2D eigenvalue weighted by molar-refractivity contribution is -0.380. The minimum atomic E-state index is -0.334. The number of rotatable bonds is 8. The van der Waals surface area contributed by atoms with Gasteiger partial charge in [0.1, 0.15) is 0 Å². The van der Waals surface area contributed by atoms with Crippen molar-refractivity contribution in [2.75, 3.05) is 20.6 Å². The number of hydrogen-bond donors (Lipinski definition) is 1. The maximum atomic E-state index is 10.6. The molecule has 0 saturated heterocycles. The van der Waals surface area contributed by atoms with E-state index in [1.165, 1.54) is 11.3 Å². The van der Waals surface area contributed by atoms with Crippen molar-refractivity contribution in [2.24, 2.45) is 5.92 Å². The average Bonchev–Trinajstić information content (AvgIpc) is 2.73. The molecule has 1 aromatic heterocycles. The second kappa shape index (κ2) is 7.57. The van der Waals surface area contributed by atoms with Crippen molar-refractivity contribution in [1.82, 2.24) is 10.2 Å². The van der Waals surface area contributed by atoms with E-state index in [0.717, 1.165) is 18.5 Å². The van der Waals surface area contributed by atoms with E-state index in [1.807, 2.05) is 5.38 Å². The Balaban J connectivity index is 2.51. The number of likely N-dealkylation sites (N-methyl/N-ethyl adjacent to an activating group) is 1. The molecule has 6 heteroatoms. The molecule has 0 bridgehead atoms. The Hall–Kier alpha value is -0.980. The normalized spacial score (nSPS) is 13.2. The first-order chi connectivity index (χ1) is 8.88. The summed E-state index contributed by atoms with van der Waals surface area (Å²) in [6.07, 6.45) is 1.10. The van der Waals surface area contributed by atoms with Gasteiger partial charge in [-0.25, -0.2) is 0 Å². The van der Waals surface area contributed by atoms with Gasteiger partial charge in [-0.15, -0.1) is 0 Å². The second-order valence-corrected chi connectivity index (χ2v) is 6.41. The Morgan fingerprint density at radius 2 is 2.16 bits per heavy atom. The largest absolute Gasteiger partial charge is 0.324 e. The summed E-state index contributed by atoms with van der Waals surface area (Å²) in [5.74, 6) is 0.634. The van der Waals surface area contributed by atoms with Gasteiger partial charge in [0.05, 0.1) is 4.92 Å². The van der Waals surface area contributed by atoms with Gasteiger partial charge in [-0.2, -0.15) is 0 Å². The highest BCUT2D eigenvalue weighted by Crippen LogP contribution is 2.22. The van der Waals surface area contributed by atoms with Gasteiger partial charge < -0.3 is 10.2 Å². The molecular formula is C13H23N3O2S. The van der Waals surface area contributed by atoms with E-state index >= 15 is 0 Å². The fraction of sp³-hybridized carbons (Fsp3) is 0.692. The number of nitro groups is 1. The summed E-state index contributed by atoms with van der Waals surface area (Å²) in [5, 5.41) is 16.2. The smallest absolute Gasteiger partial charge is 0.309 e. The minimum absolute atomic E-state index is 0.213. The second-order valence-electron chi connectivity index (χ2n) is 5.52. The Morgan fingerprint density at radius 1 is 1.47 bits per heavy atom. The Kier molecular flexibility index (Phi) is 6.41. The van der Waals surface area contributed by atoms with Gasteiger partial charge in [-0.1, -0.05) is 25.2 Å². The zero-order chi connectivity index (χ0) is 14.4. The van der Waals surface area contributed by atoms with Crippen LogP contribution in [0.1, 0.15) is 25.8 Å². The molecule has 5 nitrogen and oxygen atoms in total. The molecule has 0 spiro atoms. The van der Waals surface area contributed by atoms with Crippen LogP contribution in [0.2, 0.25) is 0 Å². The van der Waals surface area contributed by atoms with E-state index in [0.29, 0.717) is 18.5 Å². The zero-order valence-electron chi connectivity index (χ0n) is 12.0. The molecule has 0 saturated carbocycles. The van der Waals surface area contributed by atoms with Crippen LogP contribution in [0.4, 0.5) is 5.00 Å². The van der Waals surface area contributed by atoms with Crippen LogP contribution in [-0.2, 0) is 6.54 Å². The fourth-order valence-corrected chi connectivity index (χ4v) is 2.77. The van der Waals surface area contributed by atoms with Crippen LogP contribution in [0.25, 0.3) is 0 Å². The SMILES string of the molecule is CC(C)CC(CN(C)C)NCc1csc([N+](=O)[O-])c1. The van der Waals surface area contributed by atoms with Crippen molar-refractivity contribution in [2.45, 2.75) is 32.9 Å². The van der Waals surface area contributed by atoms with Crippen molar-refractivity contribution in [1.29, 1.82) is 0 Å². The van der Waals surface area contributed by atoms with Crippen molar-refractivity contribution in [3.05, 3.63) is 27.1 Å². The molecule has 1 rings (SSSR count). The topological polar surface area (TPSA) is 58.4 Å². The summed E-state index contributed by atoms with van der Waals surface area (Å²) in [6.45, 7) is 6.08. The highest BCUT2D eigenvalue weighted by molar-refractivity contribution is 7.13. The highest BCUT2D eigenvalue weighted by atomic mass is 32.1. The first-order valence-corrected chi connectivity index (χ1v) is 7.36. The quantitative estimate of drug-likeness (QED) is 0.589. The third kappa shape index (κ3) is 6.13. The van der Waals surface area contributed by atoms with Crippen LogP contribution in [0.5, 0.6) is 0 Å². The Labute approximate surface area is 118 Å². The lowest BCUT2D eigenvalue weighted by Crippen LogP contribution is -2.38. The van der Waals surface area contributed by atoms with Gasteiger partial charge in [-0.05, 0) is 32.0 Å². The Morgan fingerprint density at radius 3 is 2.63 bits per heavy atom. The predicted octanol–water partition coefficient (Wildman–Crippen LogP) is 2.72. The van der Waals surface area contributed by atoms with Crippen molar-refractivity contribution in [3.8, 4) is 0 Å². The monoisotopic (exact) mass is 285 g/mol. The molecule has 1 atom stereocenters. The van der Waals surface area contributed by atoms with E-state index in [4.69, 9.17) is 0 Å². The molecule has 0 aromatic carbocycles. The van der Waals surface area contributed by atoms with Crippen LogP contribution in [0, 0.1) is 16.0 Å². The Bertz CT molecular complexity index is 394. The number of hydrogen-bond acceptors (Lipinski definition) is 5. The third-order valence-electron chi connectivity index (χ3n) is 2.76. The molecule has 1 unspecified atom stereocenters. The molecule has 1 N–H and O–H groups in total. The van der Waals surface area contributed by atoms with Gasteiger partial charge in [0.25, 0.3) is 0 Å². The summed E-state index contributed by atoms with van der Waals surface area (Å²) < 4.78 is 0. The van der Waals surface area contributed by atoms with Crippen molar-refractivity contribution >= 4 is 16.3 Å². The lowest BCUT2D eigenvalue weighted by atomic mass is 10.0. The maximum absolute atomic E-state index is 10.6. The first kappa shape index (κ1) is 16.1. The molecule has 0 amide bonds. The number of nitrogens with zero attached hydrogens (tertiary/aromatic N) is 2. The van der Waals surface area contributed by atoms with Crippen molar-refractivity contribution < 1.29 is 4.92 Å². The van der Waals surface area contributed by atoms with Gasteiger partial charge in [-0.3, -0.25) is 10.1 Å². The molecule has 108 valence electrons. The van der Waals surface area contributed by atoms with Crippen LogP contribution in [0.3, 0.4) is 0 Å². The first-order valence-electron chi connectivity index (χ1n) is 6.48. The molecule has 0 radical (unpaired) electrons. The number of thiophene rings is 1. The molecule has 0 aliphatic heterocycles. The number of nitrogens with one attached hydrogen (secondary N) is 1. The van der Waals surface area contributed by atoms with Crippen LogP contribution >= 0.6 is 11.3 Å². The van der Waals surface area contributed by atoms with Gasteiger partial charge in [0.2, 0.25) is 0 Å². The van der Waals surface area contributed by atoms with E-state index in [1.54, 1.807) is 6.07 Å².